The maximum absolute atomic E-state index is 13.0. The van der Waals surface area contributed by atoms with E-state index >= 15 is 0 Å². The molecule has 0 saturated carbocycles. The Morgan fingerprint density at radius 1 is 1.09 bits per heavy atom. The van der Waals surface area contributed by atoms with Crippen LogP contribution in [0.2, 0.25) is 0 Å². The number of hydrogen-bond donors (Lipinski definition) is 0. The van der Waals surface area contributed by atoms with Gasteiger partial charge in [-0.3, -0.25) is 5.01 Å². The van der Waals surface area contributed by atoms with E-state index in [-0.39, 0.29) is 5.82 Å². The van der Waals surface area contributed by atoms with E-state index in [2.05, 4.69) is 11.1 Å². The first-order valence-corrected chi connectivity index (χ1v) is 6.76. The molecule has 0 saturated heterocycles. The van der Waals surface area contributed by atoms with Crippen LogP contribution in [0.1, 0.15) is 11.1 Å². The van der Waals surface area contributed by atoms with Crippen LogP contribution in [0.15, 0.2) is 67.3 Å². The van der Waals surface area contributed by atoms with Crippen LogP contribution in [0.5, 0.6) is 0 Å². The summed E-state index contributed by atoms with van der Waals surface area (Å²) in [5.74, 6) is -0.253. The molecule has 108 valence electrons. The molecule has 5 heteroatoms. The van der Waals surface area contributed by atoms with Crippen molar-refractivity contribution in [1.82, 2.24) is 9.66 Å². The molecule has 0 radical (unpaired) electrons. The first-order valence-electron chi connectivity index (χ1n) is 6.76. The van der Waals surface area contributed by atoms with E-state index < -0.39 is 0 Å². The third-order valence-corrected chi connectivity index (χ3v) is 3.31. The van der Waals surface area contributed by atoms with Crippen molar-refractivity contribution in [2.24, 2.45) is 0 Å². The highest BCUT2D eigenvalue weighted by atomic mass is 19.1. The van der Waals surface area contributed by atoms with Gasteiger partial charge >= 0.3 is 0 Å². The zero-order chi connectivity index (χ0) is 15.4. The van der Waals surface area contributed by atoms with Crippen LogP contribution in [-0.2, 0) is 6.54 Å². The van der Waals surface area contributed by atoms with Crippen LogP contribution in [0.3, 0.4) is 0 Å². The summed E-state index contributed by atoms with van der Waals surface area (Å²) in [5.41, 5.74) is 2.50. The quantitative estimate of drug-likeness (QED) is 0.740. The third-order valence-electron chi connectivity index (χ3n) is 3.31. The number of nitriles is 1. The van der Waals surface area contributed by atoms with Crippen molar-refractivity contribution in [1.29, 1.82) is 5.26 Å². The molecule has 0 aliphatic heterocycles. The molecule has 3 aromatic rings. The number of halogens is 1. The van der Waals surface area contributed by atoms with Gasteiger partial charge in [0.15, 0.2) is 0 Å². The van der Waals surface area contributed by atoms with Crippen LogP contribution >= 0.6 is 0 Å². The van der Waals surface area contributed by atoms with Gasteiger partial charge in [-0.2, -0.15) is 5.26 Å². The lowest BCUT2D eigenvalue weighted by Crippen LogP contribution is -2.27. The van der Waals surface area contributed by atoms with E-state index in [0.29, 0.717) is 12.1 Å². The smallest absolute Gasteiger partial charge is 0.123 e. The number of hydrogen-bond acceptors (Lipinski definition) is 3. The van der Waals surface area contributed by atoms with Crippen LogP contribution < -0.4 is 5.01 Å². The van der Waals surface area contributed by atoms with Gasteiger partial charge in [0.05, 0.1) is 23.9 Å². The largest absolute Gasteiger partial charge is 0.276 e. The fourth-order valence-electron chi connectivity index (χ4n) is 2.17. The molecular formula is C17H13FN4. The Bertz CT molecular complexity index is 771. The number of imidazole rings is 1. The molecule has 0 N–H and O–H groups in total. The van der Waals surface area contributed by atoms with E-state index in [4.69, 9.17) is 5.26 Å². The summed E-state index contributed by atoms with van der Waals surface area (Å²) in [6.07, 6.45) is 5.23. The highest BCUT2D eigenvalue weighted by Gasteiger charge is 2.09. The lowest BCUT2D eigenvalue weighted by Gasteiger charge is -2.25. The van der Waals surface area contributed by atoms with Gasteiger partial charge in [0.1, 0.15) is 12.1 Å². The molecule has 0 bridgehead atoms. The number of anilines is 1. The minimum Gasteiger partial charge on any atom is -0.276 e. The van der Waals surface area contributed by atoms with Crippen molar-refractivity contribution in [3.05, 3.63) is 84.2 Å². The number of nitrogens with zero attached hydrogens (tertiary/aromatic N) is 4. The van der Waals surface area contributed by atoms with Gasteiger partial charge in [-0.15, -0.1) is 0 Å². The molecule has 2 aromatic carbocycles. The van der Waals surface area contributed by atoms with Crippen molar-refractivity contribution in [2.45, 2.75) is 6.54 Å². The van der Waals surface area contributed by atoms with E-state index in [1.54, 1.807) is 36.8 Å². The number of aromatic nitrogens is 2. The zero-order valence-corrected chi connectivity index (χ0v) is 11.7. The number of rotatable bonds is 4. The average molecular weight is 292 g/mol. The van der Waals surface area contributed by atoms with Crippen LogP contribution in [0.25, 0.3) is 0 Å². The summed E-state index contributed by atoms with van der Waals surface area (Å²) >= 11 is 0. The minimum absolute atomic E-state index is 0.253. The summed E-state index contributed by atoms with van der Waals surface area (Å²) in [6, 6.07) is 15.8. The normalized spacial score (nSPS) is 10.2. The second kappa shape index (κ2) is 6.10. The van der Waals surface area contributed by atoms with Gasteiger partial charge in [-0.05, 0) is 42.0 Å². The standard InChI is InChI=1S/C17H13FN4/c18-16-5-1-15(2-6-16)12-22(21-10-9-20-13-21)17-7-3-14(11-19)4-8-17/h1-10,13H,12H2. The molecule has 0 aliphatic carbocycles. The van der Waals surface area contributed by atoms with Gasteiger partial charge in [0, 0.05) is 12.4 Å². The minimum atomic E-state index is -0.253. The molecular weight excluding hydrogens is 279 g/mol. The van der Waals surface area contributed by atoms with Crippen molar-refractivity contribution >= 4 is 5.69 Å². The molecule has 1 heterocycles. The molecule has 0 amide bonds. The Morgan fingerprint density at radius 3 is 2.41 bits per heavy atom. The Kier molecular flexibility index (Phi) is 3.84. The maximum atomic E-state index is 13.0. The van der Waals surface area contributed by atoms with Crippen molar-refractivity contribution in [2.75, 3.05) is 5.01 Å². The molecule has 3 rings (SSSR count). The lowest BCUT2D eigenvalue weighted by atomic mass is 10.2. The summed E-state index contributed by atoms with van der Waals surface area (Å²) in [5, 5.41) is 10.9. The predicted molar refractivity (Wildman–Crippen MR) is 81.4 cm³/mol. The van der Waals surface area contributed by atoms with Crippen LogP contribution in [0.4, 0.5) is 10.1 Å². The summed E-state index contributed by atoms with van der Waals surface area (Å²) in [4.78, 5) is 4.07. The SMILES string of the molecule is N#Cc1ccc(N(Cc2ccc(F)cc2)n2ccnc2)cc1. The Labute approximate surface area is 127 Å². The summed E-state index contributed by atoms with van der Waals surface area (Å²) in [6.45, 7) is 0.558. The first-order chi connectivity index (χ1) is 10.8. The van der Waals surface area contributed by atoms with Crippen molar-refractivity contribution in [3.63, 3.8) is 0 Å². The summed E-state index contributed by atoms with van der Waals surface area (Å²) in [7, 11) is 0. The highest BCUT2D eigenvalue weighted by Crippen LogP contribution is 2.19. The molecule has 0 fully saturated rings. The van der Waals surface area contributed by atoms with Gasteiger partial charge < -0.3 is 0 Å². The molecule has 0 unspecified atom stereocenters. The molecule has 1 aromatic heterocycles. The first kappa shape index (κ1) is 13.8. The van der Waals surface area contributed by atoms with Crippen LogP contribution in [0, 0.1) is 17.1 Å². The highest BCUT2D eigenvalue weighted by molar-refractivity contribution is 5.49. The van der Waals surface area contributed by atoms with E-state index in [1.807, 2.05) is 28.0 Å². The second-order valence-electron chi connectivity index (χ2n) is 4.79. The van der Waals surface area contributed by atoms with E-state index in [9.17, 15) is 4.39 Å². The van der Waals surface area contributed by atoms with Crippen molar-refractivity contribution < 1.29 is 4.39 Å². The Balaban J connectivity index is 1.93. The molecule has 0 aliphatic rings. The third kappa shape index (κ3) is 2.96. The zero-order valence-electron chi connectivity index (χ0n) is 11.7. The van der Waals surface area contributed by atoms with E-state index in [1.165, 1.54) is 12.1 Å². The molecule has 4 nitrogen and oxygen atoms in total. The fourth-order valence-corrected chi connectivity index (χ4v) is 2.17. The molecule has 22 heavy (non-hydrogen) atoms. The number of benzene rings is 2. The average Bonchev–Trinajstić information content (AvgIpc) is 3.09. The Morgan fingerprint density at radius 2 is 1.82 bits per heavy atom. The van der Waals surface area contributed by atoms with Crippen LogP contribution in [-0.4, -0.2) is 9.66 Å². The van der Waals surface area contributed by atoms with Gasteiger partial charge in [-0.1, -0.05) is 12.1 Å². The Hall–Kier alpha value is -3.13. The predicted octanol–water partition coefficient (Wildman–Crippen LogP) is 3.36. The van der Waals surface area contributed by atoms with Gasteiger partial charge in [0.2, 0.25) is 0 Å². The second-order valence-corrected chi connectivity index (χ2v) is 4.79. The van der Waals surface area contributed by atoms with Crippen molar-refractivity contribution in [3.8, 4) is 6.07 Å². The lowest BCUT2D eigenvalue weighted by molar-refractivity contribution is 0.625. The topological polar surface area (TPSA) is 44.9 Å². The van der Waals surface area contributed by atoms with Gasteiger partial charge in [-0.25, -0.2) is 14.1 Å². The molecule has 0 spiro atoms. The fraction of sp³-hybridized carbons (Fsp3) is 0.0588. The molecule has 0 atom stereocenters. The maximum Gasteiger partial charge on any atom is 0.123 e. The van der Waals surface area contributed by atoms with Gasteiger partial charge in [0.25, 0.3) is 0 Å². The summed E-state index contributed by atoms with van der Waals surface area (Å²) < 4.78 is 14.9. The monoisotopic (exact) mass is 292 g/mol. The van der Waals surface area contributed by atoms with E-state index in [0.717, 1.165) is 11.3 Å².